The van der Waals surface area contributed by atoms with Crippen molar-refractivity contribution >= 4 is 23.5 Å². The fourth-order valence-corrected chi connectivity index (χ4v) is 7.08. The van der Waals surface area contributed by atoms with Crippen molar-refractivity contribution in [2.45, 2.75) is 45.0 Å². The Morgan fingerprint density at radius 2 is 1.19 bits per heavy atom. The van der Waals surface area contributed by atoms with E-state index >= 15 is 0 Å². The Morgan fingerprint density at radius 3 is 1.59 bits per heavy atom. The molecule has 27 heavy (non-hydrogen) atoms. The summed E-state index contributed by atoms with van der Waals surface area (Å²) in [6.07, 6.45) is 4.50. The quantitative estimate of drug-likeness (QED) is 0.621. The molecular weight excluding hydrogens is 376 g/mol. The largest absolute Gasteiger partial charge is 0.352 e. The van der Waals surface area contributed by atoms with Crippen molar-refractivity contribution in [3.8, 4) is 0 Å². The van der Waals surface area contributed by atoms with Crippen molar-refractivity contribution in [1.29, 1.82) is 0 Å². The highest BCUT2D eigenvalue weighted by Crippen LogP contribution is 2.47. The minimum absolute atomic E-state index is 0. The number of nitrogens with zero attached hydrogens (tertiary/aromatic N) is 2. The van der Waals surface area contributed by atoms with E-state index in [4.69, 9.17) is 9.47 Å². The molecule has 0 amide bonds. The second-order valence-electron chi connectivity index (χ2n) is 8.37. The summed E-state index contributed by atoms with van der Waals surface area (Å²) in [5, 5.41) is 0. The predicted octanol–water partition coefficient (Wildman–Crippen LogP) is 4.46. The molecule has 0 aromatic carbocycles. The molecular formula is C21H46N2O2S2. The molecule has 2 aliphatic rings. The molecule has 6 heteroatoms. The fourth-order valence-electron chi connectivity index (χ4n) is 4.50. The molecule has 2 rings (SSSR count). The standard InChI is InChI=1S/C10H21NO2.C10H21NS2.CH4/c2*1-8-6-11(3)7-10(12-4,13-5)9(8)2;/h2*8-9H,6-7H2,1-5H3;1H4. The topological polar surface area (TPSA) is 24.9 Å². The Bertz CT molecular complexity index is 379. The van der Waals surface area contributed by atoms with E-state index in [0.717, 1.165) is 24.9 Å². The maximum Gasteiger partial charge on any atom is 0.183 e. The monoisotopic (exact) mass is 422 g/mol. The Hall–Kier alpha value is 0.540. The van der Waals surface area contributed by atoms with E-state index in [1.807, 2.05) is 23.5 Å². The van der Waals surface area contributed by atoms with Gasteiger partial charge in [-0.05, 0) is 44.4 Å². The van der Waals surface area contributed by atoms with Gasteiger partial charge in [0.05, 0.1) is 10.6 Å². The first-order valence-corrected chi connectivity index (χ1v) is 12.1. The van der Waals surface area contributed by atoms with E-state index < -0.39 is 5.79 Å². The van der Waals surface area contributed by atoms with Gasteiger partial charge < -0.3 is 19.3 Å². The van der Waals surface area contributed by atoms with Crippen LogP contribution in [0.3, 0.4) is 0 Å². The molecule has 0 bridgehead atoms. The van der Waals surface area contributed by atoms with Gasteiger partial charge in [0.2, 0.25) is 0 Å². The maximum atomic E-state index is 5.52. The normalized spacial score (nSPS) is 33.6. The van der Waals surface area contributed by atoms with Crippen LogP contribution < -0.4 is 0 Å². The molecule has 4 unspecified atom stereocenters. The second kappa shape index (κ2) is 11.7. The molecule has 2 fully saturated rings. The number of methoxy groups -OCH3 is 2. The van der Waals surface area contributed by atoms with Gasteiger partial charge in [0, 0.05) is 39.8 Å². The van der Waals surface area contributed by atoms with Crippen molar-refractivity contribution in [2.24, 2.45) is 23.7 Å². The summed E-state index contributed by atoms with van der Waals surface area (Å²) in [5.74, 6) is 2.27. The van der Waals surface area contributed by atoms with Crippen LogP contribution in [0.2, 0.25) is 0 Å². The summed E-state index contributed by atoms with van der Waals surface area (Å²) in [5.41, 5.74) is 0. The number of rotatable bonds is 4. The van der Waals surface area contributed by atoms with Gasteiger partial charge in [-0.2, -0.15) is 0 Å². The van der Waals surface area contributed by atoms with E-state index in [1.165, 1.54) is 13.1 Å². The first-order chi connectivity index (χ1) is 12.1. The molecule has 2 heterocycles. The highest BCUT2D eigenvalue weighted by atomic mass is 32.2. The minimum atomic E-state index is -0.410. The van der Waals surface area contributed by atoms with Gasteiger partial charge in [0.15, 0.2) is 5.79 Å². The Morgan fingerprint density at radius 1 is 0.778 bits per heavy atom. The average molecular weight is 423 g/mol. The lowest BCUT2D eigenvalue weighted by molar-refractivity contribution is -0.267. The summed E-state index contributed by atoms with van der Waals surface area (Å²) in [7, 11) is 7.80. The molecule has 0 spiro atoms. The first kappa shape index (κ1) is 27.5. The van der Waals surface area contributed by atoms with Crippen LogP contribution in [0.15, 0.2) is 0 Å². The zero-order chi connectivity index (χ0) is 20.1. The van der Waals surface area contributed by atoms with Crippen LogP contribution in [0.25, 0.3) is 0 Å². The SMILES string of the molecule is C.COC1(OC)CN(C)CC(C)C1C.CSC1(SC)CN(C)CC(C)C1C. The number of ether oxygens (including phenoxy) is 2. The Labute approximate surface area is 178 Å². The van der Waals surface area contributed by atoms with Crippen molar-refractivity contribution in [3.05, 3.63) is 0 Å². The molecule has 0 aliphatic carbocycles. The predicted molar refractivity (Wildman–Crippen MR) is 125 cm³/mol. The van der Waals surface area contributed by atoms with E-state index in [9.17, 15) is 0 Å². The van der Waals surface area contributed by atoms with Crippen LogP contribution in [-0.2, 0) is 9.47 Å². The lowest BCUT2D eigenvalue weighted by Gasteiger charge is -2.47. The first-order valence-electron chi connectivity index (χ1n) is 9.69. The zero-order valence-corrected chi connectivity index (χ0v) is 20.3. The van der Waals surface area contributed by atoms with Gasteiger partial charge in [-0.25, -0.2) is 0 Å². The van der Waals surface area contributed by atoms with Crippen molar-refractivity contribution in [2.75, 3.05) is 67.0 Å². The van der Waals surface area contributed by atoms with Gasteiger partial charge >= 0.3 is 0 Å². The van der Waals surface area contributed by atoms with Crippen molar-refractivity contribution in [3.63, 3.8) is 0 Å². The second-order valence-corrected chi connectivity index (χ2v) is 10.9. The van der Waals surface area contributed by atoms with E-state index in [1.54, 1.807) is 14.2 Å². The van der Waals surface area contributed by atoms with Gasteiger partial charge in [-0.15, -0.1) is 23.5 Å². The number of piperidine rings is 2. The molecule has 0 radical (unpaired) electrons. The third kappa shape index (κ3) is 6.26. The number of thioether (sulfide) groups is 2. The molecule has 2 saturated heterocycles. The van der Waals surface area contributed by atoms with Crippen molar-refractivity contribution in [1.82, 2.24) is 9.80 Å². The number of likely N-dealkylation sites (tertiary alicyclic amines) is 2. The fraction of sp³-hybridized carbons (Fsp3) is 1.00. The number of hydrogen-bond acceptors (Lipinski definition) is 6. The molecule has 164 valence electrons. The van der Waals surface area contributed by atoms with Crippen LogP contribution >= 0.6 is 23.5 Å². The van der Waals surface area contributed by atoms with Gasteiger partial charge in [-0.1, -0.05) is 35.1 Å². The van der Waals surface area contributed by atoms with Crippen LogP contribution in [-0.4, -0.2) is 86.7 Å². The highest BCUT2D eigenvalue weighted by molar-refractivity contribution is 8.17. The summed E-state index contributed by atoms with van der Waals surface area (Å²) in [6.45, 7) is 13.7. The smallest absolute Gasteiger partial charge is 0.183 e. The summed E-state index contributed by atoms with van der Waals surface area (Å²) in [4.78, 5) is 4.73. The third-order valence-electron chi connectivity index (χ3n) is 6.66. The summed E-state index contributed by atoms with van der Waals surface area (Å²) in [6, 6.07) is 0. The highest BCUT2D eigenvalue weighted by Gasteiger charge is 2.44. The molecule has 0 aromatic rings. The minimum Gasteiger partial charge on any atom is -0.352 e. The zero-order valence-electron chi connectivity index (χ0n) is 18.7. The lowest BCUT2D eigenvalue weighted by atomic mass is 9.83. The molecule has 2 aliphatic heterocycles. The van der Waals surface area contributed by atoms with Gasteiger partial charge in [-0.3, -0.25) is 0 Å². The third-order valence-corrected chi connectivity index (χ3v) is 10.0. The Kier molecular flexibility index (Phi) is 11.9. The van der Waals surface area contributed by atoms with E-state index in [2.05, 4.69) is 64.1 Å². The van der Waals surface area contributed by atoms with E-state index in [-0.39, 0.29) is 7.43 Å². The maximum absolute atomic E-state index is 5.52. The number of hydrogen-bond donors (Lipinski definition) is 0. The Balaban J connectivity index is 0.000000483. The molecule has 4 atom stereocenters. The van der Waals surface area contributed by atoms with Crippen LogP contribution in [0.5, 0.6) is 0 Å². The van der Waals surface area contributed by atoms with Crippen LogP contribution in [0.1, 0.15) is 35.1 Å². The van der Waals surface area contributed by atoms with Gasteiger partial charge in [0.25, 0.3) is 0 Å². The van der Waals surface area contributed by atoms with E-state index in [0.29, 0.717) is 15.9 Å². The lowest BCUT2D eigenvalue weighted by Crippen LogP contribution is -2.57. The van der Waals surface area contributed by atoms with Gasteiger partial charge in [0.1, 0.15) is 0 Å². The van der Waals surface area contributed by atoms with Crippen molar-refractivity contribution < 1.29 is 9.47 Å². The molecule has 0 saturated carbocycles. The number of likely N-dealkylation sites (N-methyl/N-ethyl adjacent to an activating group) is 1. The molecule has 0 N–H and O–H groups in total. The average Bonchev–Trinajstić information content (AvgIpc) is 2.62. The summed E-state index contributed by atoms with van der Waals surface area (Å²) >= 11 is 4.06. The molecule has 0 aromatic heterocycles. The van der Waals surface area contributed by atoms with Crippen LogP contribution in [0, 0.1) is 23.7 Å². The molecule has 4 nitrogen and oxygen atoms in total. The summed E-state index contributed by atoms with van der Waals surface area (Å²) < 4.78 is 11.5. The van der Waals surface area contributed by atoms with Crippen LogP contribution in [0.4, 0.5) is 0 Å².